The number of hydrogen-bond acceptors (Lipinski definition) is 7. The minimum atomic E-state index is -0.242. The number of piperidine rings is 1. The molecule has 176 valence electrons. The van der Waals surface area contributed by atoms with E-state index < -0.39 is 0 Å². The van der Waals surface area contributed by atoms with Gasteiger partial charge in [0, 0.05) is 31.4 Å². The number of amides is 2. The fourth-order valence-electron chi connectivity index (χ4n) is 4.62. The monoisotopic (exact) mass is 472 g/mol. The molecule has 1 saturated carbocycles. The Kier molecular flexibility index (Phi) is 7.39. The van der Waals surface area contributed by atoms with Crippen LogP contribution in [0.4, 0.5) is 11.8 Å². The third-order valence-electron chi connectivity index (χ3n) is 6.30. The molecule has 2 aromatic heterocycles. The largest absolute Gasteiger partial charge is 0.370 e. The summed E-state index contributed by atoms with van der Waals surface area (Å²) in [5.41, 5.74) is 0.862. The van der Waals surface area contributed by atoms with E-state index in [1.54, 1.807) is 18.5 Å². The summed E-state index contributed by atoms with van der Waals surface area (Å²) in [5, 5.41) is 8.92. The van der Waals surface area contributed by atoms with Gasteiger partial charge in [-0.25, -0.2) is 4.98 Å². The maximum atomic E-state index is 12.9. The second-order valence-corrected chi connectivity index (χ2v) is 9.32. The van der Waals surface area contributed by atoms with Gasteiger partial charge in [0.05, 0.1) is 29.7 Å². The van der Waals surface area contributed by atoms with Gasteiger partial charge in [-0.2, -0.15) is 4.98 Å². The number of anilines is 2. The number of carbonyl (C=O) groups excluding carboxylic acids is 2. The van der Waals surface area contributed by atoms with Crippen molar-refractivity contribution in [2.75, 3.05) is 10.6 Å². The van der Waals surface area contributed by atoms with Crippen molar-refractivity contribution >= 4 is 35.2 Å². The van der Waals surface area contributed by atoms with E-state index in [0.717, 1.165) is 18.5 Å². The topological polar surface area (TPSA) is 118 Å². The van der Waals surface area contributed by atoms with Gasteiger partial charge in [-0.15, -0.1) is 11.6 Å². The van der Waals surface area contributed by atoms with Crippen molar-refractivity contribution in [2.24, 2.45) is 11.8 Å². The predicted molar refractivity (Wildman–Crippen MR) is 125 cm³/mol. The lowest BCUT2D eigenvalue weighted by Gasteiger charge is -2.45. The Hall–Kier alpha value is -2.78. The fourth-order valence-corrected chi connectivity index (χ4v) is 5.02. The van der Waals surface area contributed by atoms with Crippen LogP contribution in [0.3, 0.4) is 0 Å². The molecule has 0 radical (unpaired) electrons. The molecule has 9 nitrogen and oxygen atoms in total. The van der Waals surface area contributed by atoms with E-state index in [-0.39, 0.29) is 47.2 Å². The molecule has 33 heavy (non-hydrogen) atoms. The van der Waals surface area contributed by atoms with Crippen molar-refractivity contribution in [1.29, 1.82) is 0 Å². The number of alkyl halides is 1. The maximum absolute atomic E-state index is 12.9. The van der Waals surface area contributed by atoms with Crippen LogP contribution in [0.5, 0.6) is 0 Å². The van der Waals surface area contributed by atoms with Gasteiger partial charge in [0.15, 0.2) is 0 Å². The summed E-state index contributed by atoms with van der Waals surface area (Å²) in [4.78, 5) is 37.0. The first-order valence-electron chi connectivity index (χ1n) is 11.2. The molecule has 1 aliphatic heterocycles. The van der Waals surface area contributed by atoms with Gasteiger partial charge in [-0.3, -0.25) is 14.6 Å². The zero-order valence-corrected chi connectivity index (χ0v) is 19.5. The molecule has 0 spiro atoms. The van der Waals surface area contributed by atoms with Crippen LogP contribution in [-0.2, 0) is 20.9 Å². The van der Waals surface area contributed by atoms with E-state index in [9.17, 15) is 9.59 Å². The van der Waals surface area contributed by atoms with Crippen LogP contribution >= 0.6 is 11.6 Å². The molecule has 2 aromatic rings. The second-order valence-electron chi connectivity index (χ2n) is 8.75. The van der Waals surface area contributed by atoms with Gasteiger partial charge in [0.2, 0.25) is 17.8 Å². The van der Waals surface area contributed by atoms with Crippen molar-refractivity contribution in [3.05, 3.63) is 42.4 Å². The Morgan fingerprint density at radius 2 is 2.09 bits per heavy atom. The van der Waals surface area contributed by atoms with Crippen LogP contribution in [-0.4, -0.2) is 50.3 Å². The van der Waals surface area contributed by atoms with Crippen LogP contribution in [0.2, 0.25) is 0 Å². The van der Waals surface area contributed by atoms with Gasteiger partial charge in [0.25, 0.3) is 0 Å². The molecule has 6 atom stereocenters. The molecule has 3 heterocycles. The first kappa shape index (κ1) is 23.4. The Labute approximate surface area is 198 Å². The second kappa shape index (κ2) is 10.4. The molecule has 3 N–H and O–H groups in total. The van der Waals surface area contributed by atoms with Crippen molar-refractivity contribution in [3.8, 4) is 0 Å². The highest BCUT2D eigenvalue weighted by Crippen LogP contribution is 2.38. The standard InChI is InChI=1S/C23H29ClN6O3/c1-13(27-23-26-8-6-21(30-23)28-14(2)31)17-9-15-10-18(24)20(11-19(15)29-22(17)32)33-12-16-5-3-4-7-25-16/h3-8,13,15,17-20H,9-12H2,1-2H3,(H,29,32)(H2,26,27,28,30,31). The number of ether oxygens (including phenoxy) is 1. The third kappa shape index (κ3) is 5.97. The molecule has 2 amide bonds. The van der Waals surface area contributed by atoms with E-state index in [4.69, 9.17) is 16.3 Å². The van der Waals surface area contributed by atoms with Crippen molar-refractivity contribution in [1.82, 2.24) is 20.3 Å². The minimum absolute atomic E-state index is 0.00534. The number of aromatic nitrogens is 3. The Bertz CT molecular complexity index is 978. The highest BCUT2D eigenvalue weighted by molar-refractivity contribution is 6.21. The molecular weight excluding hydrogens is 444 g/mol. The van der Waals surface area contributed by atoms with Crippen LogP contribution in [0.1, 0.15) is 38.8 Å². The Morgan fingerprint density at radius 3 is 2.85 bits per heavy atom. The van der Waals surface area contributed by atoms with Crippen LogP contribution in [0, 0.1) is 11.8 Å². The summed E-state index contributed by atoms with van der Waals surface area (Å²) < 4.78 is 6.05. The molecule has 0 aromatic carbocycles. The van der Waals surface area contributed by atoms with Gasteiger partial charge in [-0.1, -0.05) is 6.07 Å². The highest BCUT2D eigenvalue weighted by atomic mass is 35.5. The quantitative estimate of drug-likeness (QED) is 0.530. The zero-order chi connectivity index (χ0) is 23.4. The van der Waals surface area contributed by atoms with E-state index >= 15 is 0 Å². The summed E-state index contributed by atoms with van der Waals surface area (Å²) in [6.07, 6.45) is 5.37. The van der Waals surface area contributed by atoms with E-state index in [2.05, 4.69) is 30.9 Å². The molecule has 0 bridgehead atoms. The van der Waals surface area contributed by atoms with Crippen LogP contribution < -0.4 is 16.0 Å². The zero-order valence-electron chi connectivity index (χ0n) is 18.7. The van der Waals surface area contributed by atoms with Crippen molar-refractivity contribution in [2.45, 2.75) is 63.3 Å². The summed E-state index contributed by atoms with van der Waals surface area (Å²) in [5.74, 6) is 0.612. The van der Waals surface area contributed by atoms with E-state index in [0.29, 0.717) is 24.8 Å². The molecule has 10 heteroatoms. The number of halogens is 1. The number of nitrogens with zero attached hydrogens (tertiary/aromatic N) is 3. The van der Waals surface area contributed by atoms with Crippen LogP contribution in [0.25, 0.3) is 0 Å². The third-order valence-corrected chi connectivity index (χ3v) is 6.76. The summed E-state index contributed by atoms with van der Waals surface area (Å²) >= 11 is 6.69. The van der Waals surface area contributed by atoms with Gasteiger partial charge in [-0.05, 0) is 50.3 Å². The van der Waals surface area contributed by atoms with Gasteiger partial charge in [0.1, 0.15) is 5.82 Å². The van der Waals surface area contributed by atoms with E-state index in [1.807, 2.05) is 25.1 Å². The molecule has 6 unspecified atom stereocenters. The first-order chi connectivity index (χ1) is 15.9. The molecule has 4 rings (SSSR count). The maximum Gasteiger partial charge on any atom is 0.225 e. The average molecular weight is 473 g/mol. The number of pyridine rings is 1. The normalized spacial score (nSPS) is 27.7. The van der Waals surface area contributed by atoms with E-state index in [1.165, 1.54) is 6.92 Å². The number of hydrogen-bond donors (Lipinski definition) is 3. The van der Waals surface area contributed by atoms with Crippen molar-refractivity contribution < 1.29 is 14.3 Å². The summed E-state index contributed by atoms with van der Waals surface area (Å²) in [6, 6.07) is 7.19. The lowest BCUT2D eigenvalue weighted by atomic mass is 9.73. The first-order valence-corrected chi connectivity index (χ1v) is 11.7. The number of carbonyl (C=O) groups is 2. The molecule has 1 saturated heterocycles. The van der Waals surface area contributed by atoms with Crippen LogP contribution in [0.15, 0.2) is 36.7 Å². The molecule has 2 fully saturated rings. The minimum Gasteiger partial charge on any atom is -0.370 e. The van der Waals surface area contributed by atoms with Crippen molar-refractivity contribution in [3.63, 3.8) is 0 Å². The fraction of sp³-hybridized carbons (Fsp3) is 0.522. The SMILES string of the molecule is CC(=O)Nc1ccnc(NC(C)C2CC3CC(Cl)C(OCc4ccccn4)CC3NC2=O)n1. The Morgan fingerprint density at radius 1 is 1.24 bits per heavy atom. The Balaban J connectivity index is 1.34. The molecular formula is C23H29ClN6O3. The number of fused-ring (bicyclic) bond motifs is 1. The average Bonchev–Trinajstić information content (AvgIpc) is 2.78. The lowest BCUT2D eigenvalue weighted by Crippen LogP contribution is -2.57. The summed E-state index contributed by atoms with van der Waals surface area (Å²) in [6.45, 7) is 3.77. The van der Waals surface area contributed by atoms with Gasteiger partial charge >= 0.3 is 0 Å². The summed E-state index contributed by atoms with van der Waals surface area (Å²) in [7, 11) is 0. The number of nitrogens with one attached hydrogen (secondary N) is 3. The molecule has 1 aliphatic carbocycles. The number of rotatable bonds is 7. The lowest BCUT2D eigenvalue weighted by molar-refractivity contribution is -0.131. The smallest absolute Gasteiger partial charge is 0.225 e. The highest BCUT2D eigenvalue weighted by Gasteiger charge is 2.44. The predicted octanol–water partition coefficient (Wildman–Crippen LogP) is 2.74. The van der Waals surface area contributed by atoms with Gasteiger partial charge < -0.3 is 20.7 Å². The molecule has 2 aliphatic rings.